The molecule has 1 unspecified atom stereocenters. The van der Waals surface area contributed by atoms with E-state index in [2.05, 4.69) is 61.9 Å². The van der Waals surface area contributed by atoms with Crippen LogP contribution in [0.3, 0.4) is 0 Å². The molecule has 10 rings (SSSR count). The van der Waals surface area contributed by atoms with Crippen molar-refractivity contribution in [2.45, 2.75) is 60.7 Å². The number of nitrogens with two attached hydrogens (primary N) is 4. The van der Waals surface area contributed by atoms with Gasteiger partial charge in [0.15, 0.2) is 30.0 Å². The number of fused-ring (bicyclic) bond motifs is 2. The zero-order valence-electron chi connectivity index (χ0n) is 35.6. The molecule has 4 aromatic carbocycles. The van der Waals surface area contributed by atoms with Crippen LogP contribution < -0.4 is 32.4 Å². The Morgan fingerprint density at radius 3 is 1.57 bits per heavy atom. The molecule has 3 aliphatic heterocycles. The van der Waals surface area contributed by atoms with Crippen LogP contribution in [0.5, 0.6) is 0 Å². The minimum atomic E-state index is -4.62. The average Bonchev–Trinajstić information content (AvgIpc) is 4.17. The van der Waals surface area contributed by atoms with Gasteiger partial charge in [-0.05, 0) is 97.7 Å². The molecule has 0 amide bonds. The zero-order valence-corrected chi connectivity index (χ0v) is 40.5. The molecule has 0 spiro atoms. The summed E-state index contributed by atoms with van der Waals surface area (Å²) < 4.78 is 119. The minimum absolute atomic E-state index is 0.0645. The van der Waals surface area contributed by atoms with Gasteiger partial charge in [-0.15, -0.1) is 20.4 Å². The maximum absolute atomic E-state index is 13.6. The molecule has 1 atom stereocenters. The molecule has 25 nitrogen and oxygen atoms in total. The lowest BCUT2D eigenvalue weighted by Crippen LogP contribution is -2.36. The second kappa shape index (κ2) is 18.4. The Balaban J connectivity index is 0.000000172. The first kappa shape index (κ1) is 48.0. The molecular weight excluding hydrogens is 1020 g/mol. The Bertz CT molecular complexity index is 3670. The second-order valence-corrected chi connectivity index (χ2v) is 25.6. The number of sulfone groups is 2. The van der Waals surface area contributed by atoms with Gasteiger partial charge in [-0.1, -0.05) is 47.7 Å². The van der Waals surface area contributed by atoms with Gasteiger partial charge in [0, 0.05) is 11.1 Å². The van der Waals surface area contributed by atoms with E-state index in [9.17, 15) is 37.9 Å². The number of primary sulfonamides is 2. The summed E-state index contributed by atoms with van der Waals surface area (Å²) >= 11 is 1.27. The maximum Gasteiger partial charge on any atom is 0.240 e. The molecule has 3 aromatic heterocycles. The molecule has 0 radical (unpaired) electrons. The Morgan fingerprint density at radius 2 is 1.09 bits per heavy atom. The number of sulfonamides is 2. The summed E-state index contributed by atoms with van der Waals surface area (Å²) in [6, 6.07) is 15.6. The molecule has 0 aliphatic carbocycles. The lowest BCUT2D eigenvalue weighted by atomic mass is 9.97. The number of hydrogen-bond acceptors (Lipinski definition) is 22. The highest BCUT2D eigenvalue weighted by atomic mass is 32.2. The molecule has 3 aliphatic rings. The molecular formula is C38H40N16O9S6. The zero-order chi connectivity index (χ0) is 49.0. The third-order valence-electron chi connectivity index (χ3n) is 11.6. The number of tetrazole rings is 2. The lowest BCUT2D eigenvalue weighted by Gasteiger charge is -2.24. The van der Waals surface area contributed by atoms with Crippen LogP contribution >= 0.6 is 11.3 Å². The predicted octanol–water partition coefficient (Wildman–Crippen LogP) is 0.673. The summed E-state index contributed by atoms with van der Waals surface area (Å²) in [7, 11) is -19.0. The van der Waals surface area contributed by atoms with E-state index in [1.54, 1.807) is 30.3 Å². The lowest BCUT2D eigenvalue weighted by molar-refractivity contribution is 0.495. The van der Waals surface area contributed by atoms with Gasteiger partial charge >= 0.3 is 0 Å². The number of aromatic amines is 2. The molecule has 2 fully saturated rings. The first-order valence-electron chi connectivity index (χ1n) is 20.6. The molecule has 6 heterocycles. The van der Waals surface area contributed by atoms with Crippen molar-refractivity contribution < 1.29 is 37.9 Å². The summed E-state index contributed by atoms with van der Waals surface area (Å²) in [5.74, 6) is -0.290. The van der Waals surface area contributed by atoms with Crippen LogP contribution in [-0.2, 0) is 50.5 Å². The number of piperidine rings is 2. The van der Waals surface area contributed by atoms with Crippen molar-refractivity contribution in [3.8, 4) is 45.0 Å². The first-order valence-corrected chi connectivity index (χ1v) is 28.7. The molecule has 12 N–H and O–H groups in total. The molecule has 69 heavy (non-hydrogen) atoms. The summed E-state index contributed by atoms with van der Waals surface area (Å²) in [6.07, 6.45) is 1.33. The number of nitrogens with zero attached hydrogens (tertiary/aromatic N) is 8. The van der Waals surface area contributed by atoms with Crippen LogP contribution in [0.4, 0.5) is 10.8 Å². The maximum atomic E-state index is 13.6. The van der Waals surface area contributed by atoms with E-state index >= 15 is 0 Å². The average molecular weight is 1060 g/mol. The number of benzene rings is 4. The number of nitrogen functional groups attached to an aromatic ring is 1. The minimum Gasteiger partial charge on any atom is -0.376 e. The number of amidine groups is 1. The molecule has 362 valence electrons. The van der Waals surface area contributed by atoms with Crippen molar-refractivity contribution in [3.63, 3.8) is 0 Å². The number of para-hydroxylation sites is 2. The number of hydrogen-bond donors (Lipinski definition) is 8. The van der Waals surface area contributed by atoms with Crippen LogP contribution in [0.2, 0.25) is 0 Å². The van der Waals surface area contributed by atoms with E-state index in [1.807, 2.05) is 6.07 Å². The van der Waals surface area contributed by atoms with Gasteiger partial charge in [0.2, 0.25) is 31.7 Å². The second-order valence-electron chi connectivity index (χ2n) is 15.8. The predicted molar refractivity (Wildman–Crippen MR) is 254 cm³/mol. The van der Waals surface area contributed by atoms with E-state index < -0.39 is 75.7 Å². The fourth-order valence-electron chi connectivity index (χ4n) is 8.59. The van der Waals surface area contributed by atoms with Gasteiger partial charge in [-0.3, -0.25) is 0 Å². The number of aliphatic imine (C=N–C) groups is 1. The van der Waals surface area contributed by atoms with Gasteiger partial charge in [0.05, 0.1) is 52.2 Å². The molecule has 2 saturated heterocycles. The van der Waals surface area contributed by atoms with E-state index in [0.29, 0.717) is 84.1 Å². The smallest absolute Gasteiger partial charge is 0.240 e. The van der Waals surface area contributed by atoms with Crippen LogP contribution in [0.15, 0.2) is 90.1 Å². The first-order chi connectivity index (χ1) is 32.8. The topological polar surface area (TPSA) is 416 Å². The van der Waals surface area contributed by atoms with Crippen LogP contribution in [0, 0.1) is 0 Å². The summed E-state index contributed by atoms with van der Waals surface area (Å²) in [5, 5.41) is 43.5. The van der Waals surface area contributed by atoms with Crippen molar-refractivity contribution >= 4 is 88.1 Å². The number of thiazole rings is 1. The van der Waals surface area contributed by atoms with Gasteiger partial charge in [0.1, 0.15) is 20.6 Å². The third-order valence-corrected chi connectivity index (χ3v) is 20.5. The van der Waals surface area contributed by atoms with Crippen molar-refractivity contribution in [2.75, 3.05) is 31.9 Å². The monoisotopic (exact) mass is 1060 g/mol. The molecule has 7 aromatic rings. The normalized spacial score (nSPS) is 17.3. The third kappa shape index (κ3) is 8.93. The van der Waals surface area contributed by atoms with E-state index in [0.717, 1.165) is 4.70 Å². The van der Waals surface area contributed by atoms with Crippen molar-refractivity contribution in [1.82, 2.24) is 56.9 Å². The summed E-state index contributed by atoms with van der Waals surface area (Å²) in [6.45, 7) is 1.99. The van der Waals surface area contributed by atoms with Crippen LogP contribution in [0.1, 0.15) is 25.7 Å². The fourth-order valence-corrected chi connectivity index (χ4v) is 17.0. The Morgan fingerprint density at radius 1 is 0.609 bits per heavy atom. The number of nitrogens with one attached hydrogen (secondary N) is 4. The van der Waals surface area contributed by atoms with E-state index in [1.165, 1.54) is 35.6 Å². The van der Waals surface area contributed by atoms with Gasteiger partial charge in [0.25, 0.3) is 0 Å². The molecule has 0 bridgehead atoms. The highest BCUT2D eigenvalue weighted by Crippen LogP contribution is 2.47. The standard InChI is InChI=1S/C19H20N8O5S3.C19H20N8O4S3/c20-19-23-16-12(2-1-3-13(16)33(19)28)11-4-5-14(34(29,30)10-6-8-22-9-7-10)17(35(21,31)32)15(11)18-24-26-27-25-18;20-19-23-16-12(2-1-3-13(16)32-19)11-4-5-14(33(28,29)10-6-8-22-9-7-10)17(34(21,30)31)15(11)18-24-26-27-25-18/h1-5,10,22H,6-9H2,(H2,20,23)(H2,21,31,32)(H,24,25,26,27);1-5,10,22H,6-9H2,(H2,20,23)(H2,21,30,31)(H,24,25,26,27). The summed E-state index contributed by atoms with van der Waals surface area (Å²) in [4.78, 5) is 6.89. The van der Waals surface area contributed by atoms with E-state index in [4.69, 9.17) is 21.7 Å². The Hall–Kier alpha value is -6.03. The number of rotatable bonds is 10. The molecule has 31 heteroatoms. The Kier molecular flexibility index (Phi) is 12.8. The highest BCUT2D eigenvalue weighted by Gasteiger charge is 2.39. The van der Waals surface area contributed by atoms with Crippen molar-refractivity contribution in [1.29, 1.82) is 0 Å². The van der Waals surface area contributed by atoms with Crippen LogP contribution in [-0.4, -0.2) is 126 Å². The van der Waals surface area contributed by atoms with Crippen LogP contribution in [0.25, 0.3) is 55.2 Å². The van der Waals surface area contributed by atoms with E-state index in [-0.39, 0.29) is 44.1 Å². The van der Waals surface area contributed by atoms with Gasteiger partial charge in [-0.2, -0.15) is 10.4 Å². The highest BCUT2D eigenvalue weighted by molar-refractivity contribution is 8.01. The molecule has 0 saturated carbocycles. The number of anilines is 1. The number of aromatic nitrogens is 9. The largest absolute Gasteiger partial charge is 0.376 e. The van der Waals surface area contributed by atoms with Crippen molar-refractivity contribution in [3.05, 3.63) is 60.7 Å². The Labute approximate surface area is 399 Å². The summed E-state index contributed by atoms with van der Waals surface area (Å²) in [5.41, 5.74) is 13.7. The fraction of sp³-hybridized carbons (Fsp3) is 0.263. The quantitative estimate of drug-likeness (QED) is 0.0933. The van der Waals surface area contributed by atoms with Gasteiger partial charge in [-0.25, -0.2) is 58.1 Å². The SMILES string of the molecule is NC1=Nc2c(-c3ccc(S(=O)(=O)C4CCNCC4)c(S(N)(=O)=O)c3-c3nn[nH]n3)cccc2S1=O.Nc1nc2c(-c3ccc(S(=O)(=O)C4CCNCC4)c(S(N)(=O)=O)c3-c3nn[nH]n3)cccc2s1. The van der Waals surface area contributed by atoms with Gasteiger partial charge < -0.3 is 22.1 Å². The van der Waals surface area contributed by atoms with Crippen molar-refractivity contribution in [2.24, 2.45) is 21.0 Å². The number of H-pyrrole nitrogens is 2.